The first-order chi connectivity index (χ1) is 7.08. The van der Waals surface area contributed by atoms with Gasteiger partial charge >= 0.3 is 0 Å². The maximum atomic E-state index is 6.05. The molecule has 3 heteroatoms. The summed E-state index contributed by atoms with van der Waals surface area (Å²) < 4.78 is 10.3. The molecule has 1 aromatic rings. The zero-order chi connectivity index (χ0) is 11.4. The Kier molecular flexibility index (Phi) is 4.27. The molecule has 0 amide bonds. The van der Waals surface area contributed by atoms with Gasteiger partial charge in [-0.2, -0.15) is 0 Å². The molecule has 1 rings (SSSR count). The van der Waals surface area contributed by atoms with E-state index < -0.39 is 6.29 Å². The van der Waals surface area contributed by atoms with Gasteiger partial charge in [0.1, 0.15) is 0 Å². The SMILES string of the molecule is COC(OC)C(N)c1cc(C)cc(C)c1. The van der Waals surface area contributed by atoms with E-state index in [0.717, 1.165) is 5.56 Å². The molecule has 1 atom stereocenters. The Labute approximate surface area is 91.2 Å². The minimum atomic E-state index is -0.397. The summed E-state index contributed by atoms with van der Waals surface area (Å²) >= 11 is 0. The van der Waals surface area contributed by atoms with Crippen molar-refractivity contribution in [3.05, 3.63) is 34.9 Å². The van der Waals surface area contributed by atoms with Gasteiger partial charge < -0.3 is 15.2 Å². The van der Waals surface area contributed by atoms with Gasteiger partial charge in [0.25, 0.3) is 0 Å². The van der Waals surface area contributed by atoms with Crippen LogP contribution in [0.2, 0.25) is 0 Å². The van der Waals surface area contributed by atoms with Crippen LogP contribution in [-0.2, 0) is 9.47 Å². The van der Waals surface area contributed by atoms with Gasteiger partial charge in [0.2, 0.25) is 0 Å². The maximum absolute atomic E-state index is 6.05. The minimum absolute atomic E-state index is 0.251. The lowest BCUT2D eigenvalue weighted by Gasteiger charge is -2.21. The lowest BCUT2D eigenvalue weighted by molar-refractivity contribution is -0.117. The van der Waals surface area contributed by atoms with E-state index in [1.165, 1.54) is 11.1 Å². The van der Waals surface area contributed by atoms with Crippen LogP contribution in [0.5, 0.6) is 0 Å². The van der Waals surface area contributed by atoms with Crippen molar-refractivity contribution in [3.8, 4) is 0 Å². The van der Waals surface area contributed by atoms with Crippen LogP contribution in [0, 0.1) is 13.8 Å². The number of aryl methyl sites for hydroxylation is 2. The van der Waals surface area contributed by atoms with Gasteiger partial charge in [-0.25, -0.2) is 0 Å². The molecule has 1 unspecified atom stereocenters. The highest BCUT2D eigenvalue weighted by atomic mass is 16.7. The summed E-state index contributed by atoms with van der Waals surface area (Å²) in [5.74, 6) is 0. The summed E-state index contributed by atoms with van der Waals surface area (Å²) in [5.41, 5.74) is 9.49. The summed E-state index contributed by atoms with van der Waals surface area (Å²) in [4.78, 5) is 0. The average Bonchev–Trinajstić information content (AvgIpc) is 2.18. The van der Waals surface area contributed by atoms with E-state index in [-0.39, 0.29) is 6.04 Å². The van der Waals surface area contributed by atoms with Gasteiger partial charge in [0.15, 0.2) is 6.29 Å². The summed E-state index contributed by atoms with van der Waals surface area (Å²) in [5, 5.41) is 0. The molecule has 1 aromatic carbocycles. The van der Waals surface area contributed by atoms with Crippen molar-refractivity contribution >= 4 is 0 Å². The van der Waals surface area contributed by atoms with E-state index in [0.29, 0.717) is 0 Å². The molecule has 0 saturated heterocycles. The molecule has 0 spiro atoms. The predicted molar refractivity (Wildman–Crippen MR) is 60.7 cm³/mol. The monoisotopic (exact) mass is 209 g/mol. The molecule has 0 heterocycles. The Bertz CT molecular complexity index is 301. The van der Waals surface area contributed by atoms with Gasteiger partial charge in [-0.05, 0) is 19.4 Å². The van der Waals surface area contributed by atoms with E-state index in [4.69, 9.17) is 15.2 Å². The Balaban J connectivity index is 2.94. The standard InChI is InChI=1S/C12H19NO2/c1-8-5-9(2)7-10(6-8)11(13)12(14-3)15-4/h5-7,11-12H,13H2,1-4H3. The van der Waals surface area contributed by atoms with Crippen LogP contribution < -0.4 is 5.73 Å². The first kappa shape index (κ1) is 12.2. The molecule has 0 fully saturated rings. The second-order valence-electron chi connectivity index (χ2n) is 3.79. The zero-order valence-electron chi connectivity index (χ0n) is 9.78. The molecule has 0 aliphatic carbocycles. The van der Waals surface area contributed by atoms with Crippen LogP contribution in [0.3, 0.4) is 0 Å². The molecule has 0 bridgehead atoms. The van der Waals surface area contributed by atoms with Crippen molar-refractivity contribution in [3.63, 3.8) is 0 Å². The highest BCUT2D eigenvalue weighted by Crippen LogP contribution is 2.19. The molecular formula is C12H19NO2. The second-order valence-corrected chi connectivity index (χ2v) is 3.79. The van der Waals surface area contributed by atoms with Crippen molar-refractivity contribution in [2.24, 2.45) is 5.73 Å². The number of hydrogen-bond acceptors (Lipinski definition) is 3. The van der Waals surface area contributed by atoms with Gasteiger partial charge in [-0.1, -0.05) is 29.3 Å². The van der Waals surface area contributed by atoms with Gasteiger partial charge in [0, 0.05) is 14.2 Å². The van der Waals surface area contributed by atoms with Crippen molar-refractivity contribution in [1.29, 1.82) is 0 Å². The third-order valence-corrected chi connectivity index (χ3v) is 2.39. The predicted octanol–water partition coefficient (Wildman–Crippen LogP) is 1.92. The maximum Gasteiger partial charge on any atom is 0.175 e. The van der Waals surface area contributed by atoms with Crippen LogP contribution >= 0.6 is 0 Å². The molecule has 0 saturated carbocycles. The Hall–Kier alpha value is -0.900. The number of ether oxygens (including phenoxy) is 2. The highest BCUT2D eigenvalue weighted by Gasteiger charge is 2.18. The van der Waals surface area contributed by atoms with Crippen LogP contribution in [0.4, 0.5) is 0 Å². The number of rotatable bonds is 4. The smallest absolute Gasteiger partial charge is 0.175 e. The zero-order valence-corrected chi connectivity index (χ0v) is 9.78. The molecule has 3 nitrogen and oxygen atoms in total. The Morgan fingerprint density at radius 1 is 1.00 bits per heavy atom. The fourth-order valence-electron chi connectivity index (χ4n) is 1.75. The molecule has 0 radical (unpaired) electrons. The molecule has 15 heavy (non-hydrogen) atoms. The van der Waals surface area contributed by atoms with Crippen molar-refractivity contribution in [1.82, 2.24) is 0 Å². The summed E-state index contributed by atoms with van der Waals surface area (Å²) in [7, 11) is 3.19. The molecule has 0 aromatic heterocycles. The number of methoxy groups -OCH3 is 2. The topological polar surface area (TPSA) is 44.5 Å². The molecule has 0 aliphatic heterocycles. The first-order valence-corrected chi connectivity index (χ1v) is 4.98. The third kappa shape index (κ3) is 3.02. The summed E-state index contributed by atoms with van der Waals surface area (Å²) in [6, 6.07) is 5.98. The van der Waals surface area contributed by atoms with Gasteiger partial charge in [0.05, 0.1) is 6.04 Å². The normalized spacial score (nSPS) is 13.2. The fraction of sp³-hybridized carbons (Fsp3) is 0.500. The van der Waals surface area contributed by atoms with E-state index in [9.17, 15) is 0 Å². The Morgan fingerprint density at radius 3 is 1.87 bits per heavy atom. The van der Waals surface area contributed by atoms with Gasteiger partial charge in [-0.15, -0.1) is 0 Å². The lowest BCUT2D eigenvalue weighted by atomic mass is 10.0. The minimum Gasteiger partial charge on any atom is -0.354 e. The van der Waals surface area contributed by atoms with Crippen LogP contribution in [0.25, 0.3) is 0 Å². The second kappa shape index (κ2) is 5.26. The van der Waals surface area contributed by atoms with Crippen molar-refractivity contribution in [2.75, 3.05) is 14.2 Å². The lowest BCUT2D eigenvalue weighted by Crippen LogP contribution is -2.29. The largest absolute Gasteiger partial charge is 0.354 e. The summed E-state index contributed by atoms with van der Waals surface area (Å²) in [6.45, 7) is 4.11. The Morgan fingerprint density at radius 2 is 1.47 bits per heavy atom. The number of benzene rings is 1. The quantitative estimate of drug-likeness (QED) is 0.770. The van der Waals surface area contributed by atoms with Crippen molar-refractivity contribution < 1.29 is 9.47 Å². The van der Waals surface area contributed by atoms with Crippen LogP contribution in [-0.4, -0.2) is 20.5 Å². The summed E-state index contributed by atoms with van der Waals surface area (Å²) in [6.07, 6.45) is -0.397. The fourth-order valence-corrected chi connectivity index (χ4v) is 1.75. The molecular weight excluding hydrogens is 190 g/mol. The van der Waals surface area contributed by atoms with E-state index >= 15 is 0 Å². The number of hydrogen-bond donors (Lipinski definition) is 1. The molecule has 2 N–H and O–H groups in total. The van der Waals surface area contributed by atoms with Crippen molar-refractivity contribution in [2.45, 2.75) is 26.2 Å². The van der Waals surface area contributed by atoms with E-state index in [1.807, 2.05) is 0 Å². The number of nitrogens with two attached hydrogens (primary N) is 1. The molecule has 84 valence electrons. The molecule has 0 aliphatic rings. The average molecular weight is 209 g/mol. The van der Waals surface area contributed by atoms with Gasteiger partial charge in [-0.3, -0.25) is 0 Å². The first-order valence-electron chi connectivity index (χ1n) is 4.98. The van der Waals surface area contributed by atoms with Crippen LogP contribution in [0.1, 0.15) is 22.7 Å². The third-order valence-electron chi connectivity index (χ3n) is 2.39. The highest BCUT2D eigenvalue weighted by molar-refractivity contribution is 5.30. The van der Waals surface area contributed by atoms with E-state index in [2.05, 4.69) is 32.0 Å². The van der Waals surface area contributed by atoms with Crippen LogP contribution in [0.15, 0.2) is 18.2 Å². The van der Waals surface area contributed by atoms with E-state index in [1.54, 1.807) is 14.2 Å².